The Morgan fingerprint density at radius 1 is 1.09 bits per heavy atom. The van der Waals surface area contributed by atoms with Gasteiger partial charge in [0.25, 0.3) is 5.91 Å². The number of aromatic nitrogens is 3. The first-order valence-electron chi connectivity index (χ1n) is 11.3. The van der Waals surface area contributed by atoms with Crippen LogP contribution in [-0.2, 0) is 4.79 Å². The Morgan fingerprint density at radius 2 is 1.82 bits per heavy atom. The molecule has 0 unspecified atom stereocenters. The highest BCUT2D eigenvalue weighted by Gasteiger charge is 2.22. The highest BCUT2D eigenvalue weighted by atomic mass is 32.2. The Kier molecular flexibility index (Phi) is 7.44. The smallest absolute Gasteiger partial charge is 0.256 e. The van der Waals surface area contributed by atoms with Crippen LogP contribution in [0.15, 0.2) is 53.4 Å². The van der Waals surface area contributed by atoms with Gasteiger partial charge in [0.15, 0.2) is 5.82 Å². The molecule has 1 fully saturated rings. The van der Waals surface area contributed by atoms with Crippen LogP contribution in [0.4, 0.5) is 5.69 Å². The highest BCUT2D eigenvalue weighted by molar-refractivity contribution is 8.00. The molecule has 7 nitrogen and oxygen atoms in total. The summed E-state index contributed by atoms with van der Waals surface area (Å²) in [5.41, 5.74) is 2.11. The predicted molar refractivity (Wildman–Crippen MR) is 131 cm³/mol. The maximum atomic E-state index is 13.0. The zero-order chi connectivity index (χ0) is 23.2. The standard InChI is InChI=1S/C25H29N5O2S/c1-17-26-24(29-28-17)18-12-14-19(15-13-18)27-25(32)21-10-6-7-11-22(21)33-16-23(31)30(2)20-8-4-3-5-9-20/h6-7,10-15,20H,3-5,8-9,16H2,1-2H3,(H,27,32)(H,26,28,29). The normalized spacial score (nSPS) is 14.1. The van der Waals surface area contributed by atoms with Gasteiger partial charge in [-0.25, -0.2) is 4.98 Å². The molecule has 172 valence electrons. The van der Waals surface area contributed by atoms with Crippen LogP contribution in [0.5, 0.6) is 0 Å². The van der Waals surface area contributed by atoms with Crippen molar-refractivity contribution in [3.63, 3.8) is 0 Å². The van der Waals surface area contributed by atoms with Crippen molar-refractivity contribution in [3.8, 4) is 11.4 Å². The fourth-order valence-electron chi connectivity index (χ4n) is 4.07. The van der Waals surface area contributed by atoms with E-state index in [1.165, 1.54) is 31.0 Å². The molecule has 1 aromatic heterocycles. The van der Waals surface area contributed by atoms with Gasteiger partial charge in [-0.05, 0) is 56.2 Å². The van der Waals surface area contributed by atoms with Crippen LogP contribution in [0.3, 0.4) is 0 Å². The van der Waals surface area contributed by atoms with Gasteiger partial charge in [0, 0.05) is 29.2 Å². The summed E-state index contributed by atoms with van der Waals surface area (Å²) in [7, 11) is 1.90. The number of benzene rings is 2. The van der Waals surface area contributed by atoms with E-state index in [9.17, 15) is 9.59 Å². The summed E-state index contributed by atoms with van der Waals surface area (Å²) in [5, 5.41) is 9.93. The maximum absolute atomic E-state index is 13.0. The molecule has 2 N–H and O–H groups in total. The molecule has 1 aliphatic rings. The molecule has 0 radical (unpaired) electrons. The second kappa shape index (κ2) is 10.7. The van der Waals surface area contributed by atoms with Crippen LogP contribution >= 0.6 is 11.8 Å². The molecule has 0 aliphatic heterocycles. The lowest BCUT2D eigenvalue weighted by Crippen LogP contribution is -2.39. The number of anilines is 1. The first-order chi connectivity index (χ1) is 16.0. The van der Waals surface area contributed by atoms with Crippen molar-refractivity contribution in [2.24, 2.45) is 0 Å². The summed E-state index contributed by atoms with van der Waals surface area (Å²) in [6.45, 7) is 1.85. The molecule has 0 saturated heterocycles. The van der Waals surface area contributed by atoms with E-state index in [1.807, 2.05) is 61.3 Å². The Morgan fingerprint density at radius 3 is 2.52 bits per heavy atom. The number of H-pyrrole nitrogens is 1. The quantitative estimate of drug-likeness (QED) is 0.486. The molecule has 1 heterocycles. The summed E-state index contributed by atoms with van der Waals surface area (Å²) < 4.78 is 0. The van der Waals surface area contributed by atoms with Crippen LogP contribution < -0.4 is 5.32 Å². The maximum Gasteiger partial charge on any atom is 0.256 e. The average Bonchev–Trinajstić information content (AvgIpc) is 3.29. The van der Waals surface area contributed by atoms with Crippen LogP contribution in [0.2, 0.25) is 0 Å². The van der Waals surface area contributed by atoms with E-state index in [2.05, 4.69) is 20.5 Å². The van der Waals surface area contributed by atoms with E-state index < -0.39 is 0 Å². The van der Waals surface area contributed by atoms with Crippen LogP contribution in [0.1, 0.15) is 48.3 Å². The van der Waals surface area contributed by atoms with Gasteiger partial charge in [0.1, 0.15) is 5.82 Å². The number of nitrogens with one attached hydrogen (secondary N) is 2. The lowest BCUT2D eigenvalue weighted by Gasteiger charge is -2.31. The summed E-state index contributed by atoms with van der Waals surface area (Å²) in [5.74, 6) is 1.60. The number of aromatic amines is 1. The van der Waals surface area contributed by atoms with Crippen molar-refractivity contribution >= 4 is 29.3 Å². The van der Waals surface area contributed by atoms with Gasteiger partial charge in [-0.2, -0.15) is 5.10 Å². The lowest BCUT2D eigenvalue weighted by atomic mass is 9.94. The van der Waals surface area contributed by atoms with E-state index >= 15 is 0 Å². The third-order valence-corrected chi connectivity index (χ3v) is 7.06. The zero-order valence-electron chi connectivity index (χ0n) is 19.0. The second-order valence-electron chi connectivity index (χ2n) is 8.36. The van der Waals surface area contributed by atoms with Crippen molar-refractivity contribution in [1.29, 1.82) is 0 Å². The number of aryl methyl sites for hydroxylation is 1. The molecule has 1 saturated carbocycles. The Bertz CT molecular complexity index is 1110. The first kappa shape index (κ1) is 23.0. The molecular weight excluding hydrogens is 434 g/mol. The predicted octanol–water partition coefficient (Wildman–Crippen LogP) is 4.92. The fourth-order valence-corrected chi connectivity index (χ4v) is 5.04. The van der Waals surface area contributed by atoms with Crippen LogP contribution in [0, 0.1) is 6.92 Å². The molecule has 3 aromatic rings. The number of hydrogen-bond acceptors (Lipinski definition) is 5. The number of nitrogens with zero attached hydrogens (tertiary/aromatic N) is 3. The first-order valence-corrected chi connectivity index (χ1v) is 12.3. The van der Waals surface area contributed by atoms with Gasteiger partial charge in [0.2, 0.25) is 5.91 Å². The van der Waals surface area contributed by atoms with Gasteiger partial charge >= 0.3 is 0 Å². The monoisotopic (exact) mass is 463 g/mol. The summed E-state index contributed by atoms with van der Waals surface area (Å²) in [6.07, 6.45) is 5.81. The average molecular weight is 464 g/mol. The molecule has 0 spiro atoms. The Hall–Kier alpha value is -3.13. The zero-order valence-corrected chi connectivity index (χ0v) is 19.8. The van der Waals surface area contributed by atoms with Crippen LogP contribution in [-0.4, -0.2) is 50.7 Å². The fraction of sp³-hybridized carbons (Fsp3) is 0.360. The SMILES string of the molecule is Cc1nc(-c2ccc(NC(=O)c3ccccc3SCC(=O)N(C)C3CCCCC3)cc2)n[nH]1. The van der Waals surface area contributed by atoms with E-state index in [0.717, 1.165) is 29.1 Å². The minimum Gasteiger partial charge on any atom is -0.342 e. The third-order valence-electron chi connectivity index (χ3n) is 6.00. The summed E-state index contributed by atoms with van der Waals surface area (Å²) in [4.78, 5) is 32.7. The number of amides is 2. The number of hydrogen-bond donors (Lipinski definition) is 2. The minimum atomic E-state index is -0.201. The Labute approximate surface area is 198 Å². The van der Waals surface area contributed by atoms with E-state index in [0.29, 0.717) is 28.9 Å². The molecular formula is C25H29N5O2S. The lowest BCUT2D eigenvalue weighted by molar-refractivity contribution is -0.129. The van der Waals surface area contributed by atoms with Gasteiger partial charge in [0.05, 0.1) is 11.3 Å². The van der Waals surface area contributed by atoms with Crippen LogP contribution in [0.25, 0.3) is 11.4 Å². The molecule has 33 heavy (non-hydrogen) atoms. The molecule has 1 aliphatic carbocycles. The summed E-state index contributed by atoms with van der Waals surface area (Å²) in [6, 6.07) is 15.2. The van der Waals surface area contributed by atoms with Crippen molar-refractivity contribution in [1.82, 2.24) is 20.1 Å². The number of carbonyl (C=O) groups excluding carboxylic acids is 2. The van der Waals surface area contributed by atoms with E-state index in [1.54, 1.807) is 6.07 Å². The molecule has 0 bridgehead atoms. The van der Waals surface area contributed by atoms with E-state index in [4.69, 9.17) is 0 Å². The third kappa shape index (κ3) is 5.82. The van der Waals surface area contributed by atoms with Crippen molar-refractivity contribution in [2.45, 2.75) is 50.0 Å². The highest BCUT2D eigenvalue weighted by Crippen LogP contribution is 2.26. The van der Waals surface area contributed by atoms with Crippen molar-refractivity contribution in [3.05, 3.63) is 59.9 Å². The van der Waals surface area contributed by atoms with Crippen molar-refractivity contribution < 1.29 is 9.59 Å². The minimum absolute atomic E-state index is 0.111. The van der Waals surface area contributed by atoms with Gasteiger partial charge in [-0.15, -0.1) is 11.8 Å². The molecule has 8 heteroatoms. The number of rotatable bonds is 7. The van der Waals surface area contributed by atoms with Gasteiger partial charge in [-0.3, -0.25) is 14.7 Å². The largest absolute Gasteiger partial charge is 0.342 e. The van der Waals surface area contributed by atoms with Gasteiger partial charge < -0.3 is 10.2 Å². The Balaban J connectivity index is 1.38. The molecule has 0 atom stereocenters. The number of carbonyl (C=O) groups is 2. The topological polar surface area (TPSA) is 91.0 Å². The molecule has 4 rings (SSSR count). The molecule has 2 amide bonds. The van der Waals surface area contributed by atoms with Crippen molar-refractivity contribution in [2.75, 3.05) is 18.1 Å². The summed E-state index contributed by atoms with van der Waals surface area (Å²) >= 11 is 1.42. The second-order valence-corrected chi connectivity index (χ2v) is 9.37. The van der Waals surface area contributed by atoms with E-state index in [-0.39, 0.29) is 11.8 Å². The number of thioether (sulfide) groups is 1. The van der Waals surface area contributed by atoms with Gasteiger partial charge in [-0.1, -0.05) is 31.4 Å². The molecule has 2 aromatic carbocycles.